The number of carbonyl (C=O) groups excluding carboxylic acids is 2. The molecule has 1 atom stereocenters. The van der Waals surface area contributed by atoms with E-state index in [1.807, 2.05) is 13.0 Å². The van der Waals surface area contributed by atoms with Gasteiger partial charge in [-0.3, -0.25) is 4.79 Å². The third-order valence-electron chi connectivity index (χ3n) is 4.67. The minimum Gasteiger partial charge on any atom is -0.493 e. The van der Waals surface area contributed by atoms with Crippen LogP contribution in [-0.2, 0) is 9.53 Å². The molecule has 0 aromatic heterocycles. The molecule has 0 radical (unpaired) electrons. The SMILES string of the molecule is COc1cc(C(=O)OCC(=O)N[C@H](C)c2ccc3c(c2)OCO3)cc2c1OCCO2. The molecule has 9 heteroatoms. The minimum absolute atomic E-state index is 0.181. The van der Waals surface area contributed by atoms with Crippen molar-refractivity contribution >= 4 is 11.9 Å². The molecule has 1 amide bonds. The normalized spacial score (nSPS) is 14.6. The number of hydrogen-bond acceptors (Lipinski definition) is 8. The summed E-state index contributed by atoms with van der Waals surface area (Å²) in [6.45, 7) is 2.34. The molecule has 0 aliphatic carbocycles. The number of methoxy groups -OCH3 is 1. The monoisotopic (exact) mass is 415 g/mol. The molecule has 30 heavy (non-hydrogen) atoms. The maximum Gasteiger partial charge on any atom is 0.338 e. The quantitative estimate of drug-likeness (QED) is 0.717. The molecule has 1 N–H and O–H groups in total. The molecule has 2 aromatic carbocycles. The number of rotatable bonds is 6. The van der Waals surface area contributed by atoms with E-state index in [9.17, 15) is 9.59 Å². The fraction of sp³-hybridized carbons (Fsp3) is 0.333. The molecule has 158 valence electrons. The zero-order valence-corrected chi connectivity index (χ0v) is 16.6. The van der Waals surface area contributed by atoms with E-state index in [0.29, 0.717) is 42.0 Å². The van der Waals surface area contributed by atoms with Gasteiger partial charge in [0.25, 0.3) is 5.91 Å². The van der Waals surface area contributed by atoms with Crippen LogP contribution < -0.4 is 29.0 Å². The number of esters is 1. The summed E-state index contributed by atoms with van der Waals surface area (Å²) in [5, 5.41) is 2.78. The van der Waals surface area contributed by atoms with Crippen molar-refractivity contribution in [2.75, 3.05) is 33.7 Å². The third-order valence-corrected chi connectivity index (χ3v) is 4.67. The van der Waals surface area contributed by atoms with E-state index < -0.39 is 18.5 Å². The number of fused-ring (bicyclic) bond motifs is 2. The van der Waals surface area contributed by atoms with Crippen molar-refractivity contribution in [3.05, 3.63) is 41.5 Å². The number of carbonyl (C=O) groups is 2. The Labute approximate surface area is 172 Å². The fourth-order valence-corrected chi connectivity index (χ4v) is 3.15. The van der Waals surface area contributed by atoms with Crippen LogP contribution in [-0.4, -0.2) is 45.6 Å². The molecule has 0 bridgehead atoms. The second-order valence-electron chi connectivity index (χ2n) is 6.68. The Bertz CT molecular complexity index is 956. The van der Waals surface area contributed by atoms with Crippen molar-refractivity contribution in [1.82, 2.24) is 5.32 Å². The van der Waals surface area contributed by atoms with E-state index in [-0.39, 0.29) is 18.4 Å². The van der Waals surface area contributed by atoms with Gasteiger partial charge in [0.05, 0.1) is 18.7 Å². The minimum atomic E-state index is -0.670. The standard InChI is InChI=1S/C21H21NO8/c1-12(13-3-4-15-16(7-13)30-11-29-15)22-19(23)10-28-21(24)14-8-17(25-2)20-18(9-14)26-5-6-27-20/h3-4,7-9,12H,5-6,10-11H2,1-2H3,(H,22,23)/t12-/m1/s1. The molecule has 0 fully saturated rings. The highest BCUT2D eigenvalue weighted by molar-refractivity contribution is 5.93. The lowest BCUT2D eigenvalue weighted by molar-refractivity contribution is -0.124. The van der Waals surface area contributed by atoms with Gasteiger partial charge in [-0.15, -0.1) is 0 Å². The number of amides is 1. The Morgan fingerprint density at radius 3 is 2.67 bits per heavy atom. The Balaban J connectivity index is 1.35. The van der Waals surface area contributed by atoms with Crippen molar-refractivity contribution < 1.29 is 38.0 Å². The second-order valence-corrected chi connectivity index (χ2v) is 6.68. The predicted octanol–water partition coefficient (Wildman–Crippen LogP) is 2.23. The smallest absolute Gasteiger partial charge is 0.338 e. The van der Waals surface area contributed by atoms with Crippen LogP contribution in [0.15, 0.2) is 30.3 Å². The molecule has 2 aliphatic heterocycles. The predicted molar refractivity (Wildman–Crippen MR) is 103 cm³/mol. The Kier molecular flexibility index (Phi) is 5.51. The van der Waals surface area contributed by atoms with Gasteiger partial charge in [-0.2, -0.15) is 0 Å². The van der Waals surface area contributed by atoms with Gasteiger partial charge >= 0.3 is 5.97 Å². The van der Waals surface area contributed by atoms with E-state index in [2.05, 4.69) is 5.32 Å². The molecular weight excluding hydrogens is 394 g/mol. The van der Waals surface area contributed by atoms with Gasteiger partial charge in [0, 0.05) is 0 Å². The number of nitrogens with one attached hydrogen (secondary N) is 1. The molecule has 4 rings (SSSR count). The van der Waals surface area contributed by atoms with Crippen LogP contribution in [0.4, 0.5) is 0 Å². The molecule has 0 spiro atoms. The number of ether oxygens (including phenoxy) is 6. The topological polar surface area (TPSA) is 102 Å². The lowest BCUT2D eigenvalue weighted by Crippen LogP contribution is -2.31. The van der Waals surface area contributed by atoms with Crippen LogP contribution in [0.1, 0.15) is 28.9 Å². The lowest BCUT2D eigenvalue weighted by atomic mass is 10.1. The first-order chi connectivity index (χ1) is 14.5. The third kappa shape index (κ3) is 4.05. The van der Waals surface area contributed by atoms with Crippen molar-refractivity contribution in [2.45, 2.75) is 13.0 Å². The first-order valence-electron chi connectivity index (χ1n) is 9.39. The summed E-state index contributed by atoms with van der Waals surface area (Å²) < 4.78 is 32.0. The summed E-state index contributed by atoms with van der Waals surface area (Å²) in [6, 6.07) is 8.12. The van der Waals surface area contributed by atoms with Gasteiger partial charge in [-0.1, -0.05) is 6.07 Å². The Hall–Kier alpha value is -3.62. The second kappa shape index (κ2) is 8.40. The Morgan fingerprint density at radius 2 is 1.83 bits per heavy atom. The highest BCUT2D eigenvalue weighted by atomic mass is 16.7. The number of benzene rings is 2. The molecule has 2 aliphatic rings. The van der Waals surface area contributed by atoms with Gasteiger partial charge in [-0.25, -0.2) is 4.79 Å². The molecular formula is C21H21NO8. The molecule has 0 saturated heterocycles. The van der Waals surface area contributed by atoms with Crippen molar-refractivity contribution in [1.29, 1.82) is 0 Å². The van der Waals surface area contributed by atoms with Crippen molar-refractivity contribution in [3.63, 3.8) is 0 Å². The maximum absolute atomic E-state index is 12.4. The van der Waals surface area contributed by atoms with E-state index in [0.717, 1.165) is 5.56 Å². The first-order valence-corrected chi connectivity index (χ1v) is 9.39. The summed E-state index contributed by atoms with van der Waals surface area (Å²) >= 11 is 0. The van der Waals surface area contributed by atoms with Gasteiger partial charge in [0.15, 0.2) is 29.6 Å². The molecule has 9 nitrogen and oxygen atoms in total. The summed E-state index contributed by atoms with van der Waals surface area (Å²) in [5.74, 6) is 1.40. The summed E-state index contributed by atoms with van der Waals surface area (Å²) in [7, 11) is 1.47. The van der Waals surface area contributed by atoms with Gasteiger partial charge in [0.2, 0.25) is 12.5 Å². The van der Waals surface area contributed by atoms with Crippen molar-refractivity contribution in [3.8, 4) is 28.7 Å². The molecule has 2 aromatic rings. The highest BCUT2D eigenvalue weighted by Gasteiger charge is 2.22. The first kappa shape index (κ1) is 19.7. The van der Waals surface area contributed by atoms with E-state index in [1.165, 1.54) is 19.2 Å². The zero-order chi connectivity index (χ0) is 21.1. The van der Waals surface area contributed by atoms with E-state index in [1.54, 1.807) is 12.1 Å². The Morgan fingerprint density at radius 1 is 1.03 bits per heavy atom. The fourth-order valence-electron chi connectivity index (χ4n) is 3.15. The largest absolute Gasteiger partial charge is 0.493 e. The summed E-state index contributed by atoms with van der Waals surface area (Å²) in [5.41, 5.74) is 1.04. The van der Waals surface area contributed by atoms with Gasteiger partial charge in [-0.05, 0) is 36.8 Å². The van der Waals surface area contributed by atoms with Crippen LogP contribution in [0.25, 0.3) is 0 Å². The van der Waals surface area contributed by atoms with Crippen LogP contribution >= 0.6 is 0 Å². The highest BCUT2D eigenvalue weighted by Crippen LogP contribution is 2.40. The van der Waals surface area contributed by atoms with Crippen LogP contribution in [0.2, 0.25) is 0 Å². The lowest BCUT2D eigenvalue weighted by Gasteiger charge is -2.21. The molecule has 0 unspecified atom stereocenters. The van der Waals surface area contributed by atoms with Crippen LogP contribution in [0.5, 0.6) is 28.7 Å². The van der Waals surface area contributed by atoms with Gasteiger partial charge in [0.1, 0.15) is 13.2 Å². The molecule has 2 heterocycles. The van der Waals surface area contributed by atoms with Gasteiger partial charge < -0.3 is 33.7 Å². The summed E-state index contributed by atoms with van der Waals surface area (Å²) in [4.78, 5) is 24.6. The zero-order valence-electron chi connectivity index (χ0n) is 16.6. The van der Waals surface area contributed by atoms with Crippen LogP contribution in [0, 0.1) is 0 Å². The average molecular weight is 415 g/mol. The maximum atomic E-state index is 12.4. The van der Waals surface area contributed by atoms with E-state index in [4.69, 9.17) is 28.4 Å². The van der Waals surface area contributed by atoms with Crippen LogP contribution in [0.3, 0.4) is 0 Å². The van der Waals surface area contributed by atoms with E-state index >= 15 is 0 Å². The number of hydrogen-bond donors (Lipinski definition) is 1. The average Bonchev–Trinajstić information content (AvgIpc) is 3.24. The summed E-state index contributed by atoms with van der Waals surface area (Å²) in [6.07, 6.45) is 0. The molecule has 0 saturated carbocycles. The van der Waals surface area contributed by atoms with Crippen molar-refractivity contribution in [2.24, 2.45) is 0 Å².